The van der Waals surface area contributed by atoms with Crippen molar-refractivity contribution in [3.05, 3.63) is 124 Å². The smallest absolute Gasteiger partial charge is 0.0919 e. The third-order valence-electron chi connectivity index (χ3n) is 8.60. The minimum absolute atomic E-state index is 0.821. The van der Waals surface area contributed by atoms with E-state index in [4.69, 9.17) is 4.98 Å². The van der Waals surface area contributed by atoms with E-state index >= 15 is 0 Å². The van der Waals surface area contributed by atoms with Gasteiger partial charge in [-0.3, -0.25) is 10.1 Å². The third-order valence-corrected chi connectivity index (χ3v) is 8.60. The first-order valence-electron chi connectivity index (χ1n) is 17.3. The average molecular weight is 600 g/mol. The number of rotatable bonds is 17. The van der Waals surface area contributed by atoms with Gasteiger partial charge in [0.05, 0.1) is 17.6 Å². The Bertz CT molecular complexity index is 1550. The number of pyridine rings is 1. The highest BCUT2D eigenvalue weighted by Gasteiger charge is 2.15. The molecule has 0 saturated heterocycles. The van der Waals surface area contributed by atoms with Gasteiger partial charge in [0.25, 0.3) is 0 Å². The van der Waals surface area contributed by atoms with Crippen molar-refractivity contribution in [1.82, 2.24) is 15.2 Å². The molecule has 4 rings (SSSR count). The molecule has 45 heavy (non-hydrogen) atoms. The van der Waals surface area contributed by atoms with E-state index in [1.807, 2.05) is 31.3 Å². The average Bonchev–Trinajstić information content (AvgIpc) is 3.41. The molecule has 0 fully saturated rings. The van der Waals surface area contributed by atoms with Gasteiger partial charge in [0.1, 0.15) is 0 Å². The van der Waals surface area contributed by atoms with Crippen LogP contribution in [0.1, 0.15) is 115 Å². The summed E-state index contributed by atoms with van der Waals surface area (Å²) >= 11 is 0. The van der Waals surface area contributed by atoms with Gasteiger partial charge < -0.3 is 0 Å². The number of aromatic nitrogens is 3. The summed E-state index contributed by atoms with van der Waals surface area (Å²) in [7, 11) is 0. The number of fused-ring (bicyclic) bond motifs is 1. The number of hydrogen-bond acceptors (Lipinski definition) is 2. The molecule has 2 aliphatic rings. The number of allylic oxidation sites excluding steroid dienone is 11. The van der Waals surface area contributed by atoms with Crippen molar-refractivity contribution >= 4 is 5.57 Å². The zero-order valence-electron chi connectivity index (χ0n) is 28.2. The van der Waals surface area contributed by atoms with E-state index in [9.17, 15) is 0 Å². The SMILES string of the molecule is C=C(CCCC/C(=C/CCCCC(C)C)CCC)CCC1=C2C=C=C(c3cn[nH]c3-c3cccc(C)n3)C=CC2=C=CCC=C1. The lowest BCUT2D eigenvalue weighted by molar-refractivity contribution is 0.539. The van der Waals surface area contributed by atoms with Crippen molar-refractivity contribution in [2.75, 3.05) is 0 Å². The Labute approximate surface area is 272 Å². The third kappa shape index (κ3) is 10.9. The summed E-state index contributed by atoms with van der Waals surface area (Å²) < 4.78 is 0. The Morgan fingerprint density at radius 1 is 1.00 bits per heavy atom. The molecule has 0 bridgehead atoms. The van der Waals surface area contributed by atoms with Crippen LogP contribution in [-0.4, -0.2) is 15.2 Å². The van der Waals surface area contributed by atoms with Crippen molar-refractivity contribution in [2.45, 2.75) is 111 Å². The first kappa shape index (κ1) is 34.0. The Morgan fingerprint density at radius 3 is 2.67 bits per heavy atom. The molecule has 1 N–H and O–H groups in total. The molecule has 3 heteroatoms. The van der Waals surface area contributed by atoms with Crippen LogP contribution in [-0.2, 0) is 0 Å². The van der Waals surface area contributed by atoms with Crippen LogP contribution >= 0.6 is 0 Å². The van der Waals surface area contributed by atoms with Gasteiger partial charge in [0.2, 0.25) is 0 Å². The normalized spacial score (nSPS) is 14.7. The van der Waals surface area contributed by atoms with E-state index in [1.54, 1.807) is 5.57 Å². The van der Waals surface area contributed by atoms with Crippen molar-refractivity contribution in [2.24, 2.45) is 5.92 Å². The van der Waals surface area contributed by atoms with Crippen LogP contribution in [0.5, 0.6) is 0 Å². The van der Waals surface area contributed by atoms with E-state index in [0.29, 0.717) is 0 Å². The van der Waals surface area contributed by atoms with Crippen molar-refractivity contribution in [1.29, 1.82) is 0 Å². The number of hydrogen-bond donors (Lipinski definition) is 1. The van der Waals surface area contributed by atoms with Gasteiger partial charge in [-0.2, -0.15) is 5.10 Å². The highest BCUT2D eigenvalue weighted by Crippen LogP contribution is 2.32. The van der Waals surface area contributed by atoms with Crippen LogP contribution in [0.4, 0.5) is 0 Å². The summed E-state index contributed by atoms with van der Waals surface area (Å²) in [5, 5.41) is 7.51. The molecule has 2 aromatic rings. The van der Waals surface area contributed by atoms with E-state index < -0.39 is 0 Å². The van der Waals surface area contributed by atoms with Gasteiger partial charge in [-0.05, 0) is 119 Å². The molecule has 2 aliphatic carbocycles. The van der Waals surface area contributed by atoms with Crippen molar-refractivity contribution in [3.63, 3.8) is 0 Å². The van der Waals surface area contributed by atoms with Crippen LogP contribution in [0.25, 0.3) is 17.0 Å². The topological polar surface area (TPSA) is 41.6 Å². The predicted molar refractivity (Wildman–Crippen MR) is 193 cm³/mol. The molecule has 3 nitrogen and oxygen atoms in total. The second-order valence-corrected chi connectivity index (χ2v) is 12.9. The summed E-state index contributed by atoms with van der Waals surface area (Å²) in [4.78, 5) is 4.71. The number of aromatic amines is 1. The van der Waals surface area contributed by atoms with Crippen LogP contribution in [0.3, 0.4) is 0 Å². The number of nitrogens with zero attached hydrogens (tertiary/aromatic N) is 2. The molecule has 2 aromatic heterocycles. The lowest BCUT2D eigenvalue weighted by atomic mass is 9.92. The fourth-order valence-corrected chi connectivity index (χ4v) is 6.03. The molecule has 0 amide bonds. The van der Waals surface area contributed by atoms with Gasteiger partial charge in [0.15, 0.2) is 0 Å². The highest BCUT2D eigenvalue weighted by atomic mass is 15.1. The first-order valence-corrected chi connectivity index (χ1v) is 17.3. The van der Waals surface area contributed by atoms with E-state index in [1.165, 1.54) is 74.5 Å². The monoisotopic (exact) mass is 599 g/mol. The maximum absolute atomic E-state index is 4.71. The largest absolute Gasteiger partial charge is 0.276 e. The highest BCUT2D eigenvalue weighted by molar-refractivity contribution is 5.83. The molecule has 236 valence electrons. The van der Waals surface area contributed by atoms with E-state index in [-0.39, 0.29) is 0 Å². The summed E-state index contributed by atoms with van der Waals surface area (Å²) in [5.41, 5.74) is 18.5. The molecule has 0 radical (unpaired) electrons. The Balaban J connectivity index is 1.38. The Hall–Kier alpha value is -3.90. The predicted octanol–water partition coefficient (Wildman–Crippen LogP) is 12.1. The summed E-state index contributed by atoms with van der Waals surface area (Å²) in [6.45, 7) is 13.4. The maximum atomic E-state index is 4.71. The molecule has 2 heterocycles. The van der Waals surface area contributed by atoms with Crippen LogP contribution < -0.4 is 0 Å². The second-order valence-electron chi connectivity index (χ2n) is 12.9. The quantitative estimate of drug-likeness (QED) is 0.112. The number of nitrogens with one attached hydrogen (secondary N) is 1. The Kier molecular flexibility index (Phi) is 13.7. The second kappa shape index (κ2) is 18.2. The molecule has 0 atom stereocenters. The molecular weight excluding hydrogens is 546 g/mol. The van der Waals surface area contributed by atoms with E-state index in [2.05, 4.69) is 91.5 Å². The van der Waals surface area contributed by atoms with Crippen molar-refractivity contribution in [3.8, 4) is 11.4 Å². The van der Waals surface area contributed by atoms with Gasteiger partial charge in [-0.15, -0.1) is 11.5 Å². The number of unbranched alkanes of at least 4 members (excludes halogenated alkanes) is 3. The molecule has 0 spiro atoms. The van der Waals surface area contributed by atoms with E-state index in [0.717, 1.165) is 65.4 Å². The van der Waals surface area contributed by atoms with Gasteiger partial charge in [-0.1, -0.05) is 82.1 Å². The summed E-state index contributed by atoms with van der Waals surface area (Å²) in [5.74, 6) is 0.821. The minimum Gasteiger partial charge on any atom is -0.276 e. The fourth-order valence-electron chi connectivity index (χ4n) is 6.03. The molecule has 0 aromatic carbocycles. The molecule has 0 saturated carbocycles. The summed E-state index contributed by atoms with van der Waals surface area (Å²) in [6.07, 6.45) is 33.0. The lowest BCUT2D eigenvalue weighted by Crippen LogP contribution is -1.94. The maximum Gasteiger partial charge on any atom is 0.0919 e. The van der Waals surface area contributed by atoms with Gasteiger partial charge in [-0.25, -0.2) is 0 Å². The minimum atomic E-state index is 0.821. The number of aryl methyl sites for hydroxylation is 1. The molecular formula is C42H53N3. The summed E-state index contributed by atoms with van der Waals surface area (Å²) in [6, 6.07) is 6.05. The standard InChI is InChI=1S/C42H53N3/c1-6-16-35(20-10-7-9-17-32(2)3)21-14-13-18-33(4)25-26-36-22-11-8-12-23-37-27-28-38(29-30-39(36)37)40-31-43-45-42(40)41-24-15-19-34(5)44-41/h11-12,15,19-20,22,24,27-28,30-32H,4,6-10,13-14,16-18,21,25-26H2,1-3,5H3,(H,43,45)/b22-11?,35-20+,39-36?. The fraction of sp³-hybridized carbons (Fsp3) is 0.429. The van der Waals surface area contributed by atoms with Gasteiger partial charge >= 0.3 is 0 Å². The van der Waals surface area contributed by atoms with Crippen LogP contribution in [0.15, 0.2) is 113 Å². The number of H-pyrrole nitrogens is 1. The molecule has 0 aliphatic heterocycles. The van der Waals surface area contributed by atoms with Crippen LogP contribution in [0, 0.1) is 12.8 Å². The van der Waals surface area contributed by atoms with Crippen molar-refractivity contribution < 1.29 is 0 Å². The van der Waals surface area contributed by atoms with Gasteiger partial charge in [0, 0.05) is 28.0 Å². The lowest BCUT2D eigenvalue weighted by Gasteiger charge is -2.12. The Morgan fingerprint density at radius 2 is 1.84 bits per heavy atom. The zero-order valence-corrected chi connectivity index (χ0v) is 28.2. The first-order chi connectivity index (χ1) is 21.9. The van der Waals surface area contributed by atoms with Crippen LogP contribution in [0.2, 0.25) is 0 Å². The molecule has 0 unspecified atom stereocenters. The zero-order chi connectivity index (χ0) is 31.9.